The number of rotatable bonds is 5. The van der Waals surface area contributed by atoms with Crippen LogP contribution in [0.1, 0.15) is 46.5 Å². The normalized spacial score (nSPS) is 28.6. The van der Waals surface area contributed by atoms with Crippen LogP contribution in [-0.4, -0.2) is 36.1 Å². The van der Waals surface area contributed by atoms with E-state index in [4.69, 9.17) is 6.42 Å². The molecule has 92 valence electrons. The van der Waals surface area contributed by atoms with Crippen molar-refractivity contribution in [1.29, 1.82) is 0 Å². The van der Waals surface area contributed by atoms with Crippen LogP contribution in [0.4, 0.5) is 0 Å². The molecular formula is C14H26N2. The Balaban J connectivity index is 2.57. The summed E-state index contributed by atoms with van der Waals surface area (Å²) in [6.07, 6.45) is 10.5. The minimum atomic E-state index is 0.335. The molecule has 1 heterocycles. The Morgan fingerprint density at radius 2 is 2.19 bits per heavy atom. The van der Waals surface area contributed by atoms with Gasteiger partial charge in [0.25, 0.3) is 0 Å². The van der Waals surface area contributed by atoms with Crippen molar-refractivity contribution in [3.8, 4) is 12.3 Å². The maximum absolute atomic E-state index is 5.66. The van der Waals surface area contributed by atoms with Crippen LogP contribution in [0.25, 0.3) is 0 Å². The van der Waals surface area contributed by atoms with E-state index < -0.39 is 0 Å². The van der Waals surface area contributed by atoms with E-state index in [0.717, 1.165) is 19.5 Å². The number of piperazine rings is 1. The quantitative estimate of drug-likeness (QED) is 0.718. The van der Waals surface area contributed by atoms with Crippen LogP contribution < -0.4 is 5.32 Å². The van der Waals surface area contributed by atoms with Crippen LogP contribution in [0.3, 0.4) is 0 Å². The number of hydrogen-bond donors (Lipinski definition) is 1. The van der Waals surface area contributed by atoms with Crippen LogP contribution in [-0.2, 0) is 0 Å². The summed E-state index contributed by atoms with van der Waals surface area (Å²) in [4.78, 5) is 2.51. The number of hydrogen-bond acceptors (Lipinski definition) is 2. The van der Waals surface area contributed by atoms with Gasteiger partial charge in [0, 0.05) is 25.2 Å². The topological polar surface area (TPSA) is 15.3 Å². The van der Waals surface area contributed by atoms with Gasteiger partial charge in [0.2, 0.25) is 0 Å². The van der Waals surface area contributed by atoms with Crippen LogP contribution >= 0.6 is 0 Å². The fourth-order valence-corrected chi connectivity index (χ4v) is 2.55. The minimum Gasteiger partial charge on any atom is -0.311 e. The third kappa shape index (κ3) is 3.50. The van der Waals surface area contributed by atoms with Gasteiger partial charge in [0.1, 0.15) is 0 Å². The highest BCUT2D eigenvalue weighted by atomic mass is 15.2. The molecule has 1 fully saturated rings. The molecule has 0 spiro atoms. The molecule has 2 heteroatoms. The maximum atomic E-state index is 5.66. The van der Waals surface area contributed by atoms with Crippen molar-refractivity contribution < 1.29 is 0 Å². The Morgan fingerprint density at radius 1 is 1.44 bits per heavy atom. The van der Waals surface area contributed by atoms with Gasteiger partial charge in [-0.05, 0) is 19.8 Å². The SMILES string of the molecule is C#CC(CCC)N1CC(CCC)NCC1C. The van der Waals surface area contributed by atoms with E-state index in [9.17, 15) is 0 Å². The second-order valence-electron chi connectivity index (χ2n) is 4.91. The largest absolute Gasteiger partial charge is 0.311 e. The molecule has 1 saturated heterocycles. The number of terminal acetylenes is 1. The minimum absolute atomic E-state index is 0.335. The van der Waals surface area contributed by atoms with E-state index >= 15 is 0 Å². The molecule has 1 rings (SSSR count). The summed E-state index contributed by atoms with van der Waals surface area (Å²) in [5, 5.41) is 3.61. The molecule has 0 amide bonds. The van der Waals surface area contributed by atoms with E-state index in [1.165, 1.54) is 19.3 Å². The molecule has 0 bridgehead atoms. The summed E-state index contributed by atoms with van der Waals surface area (Å²) in [5.74, 6) is 2.96. The first-order valence-corrected chi connectivity index (χ1v) is 6.68. The van der Waals surface area contributed by atoms with Crippen LogP contribution in [0.5, 0.6) is 0 Å². The third-order valence-electron chi connectivity index (χ3n) is 3.49. The lowest BCUT2D eigenvalue weighted by Gasteiger charge is -2.41. The van der Waals surface area contributed by atoms with Crippen molar-refractivity contribution in [2.45, 2.75) is 64.6 Å². The van der Waals surface area contributed by atoms with Gasteiger partial charge in [-0.3, -0.25) is 4.90 Å². The second-order valence-corrected chi connectivity index (χ2v) is 4.91. The van der Waals surface area contributed by atoms with Gasteiger partial charge < -0.3 is 5.32 Å². The van der Waals surface area contributed by atoms with Crippen molar-refractivity contribution in [3.05, 3.63) is 0 Å². The van der Waals surface area contributed by atoms with Gasteiger partial charge in [-0.2, -0.15) is 0 Å². The molecule has 0 aliphatic carbocycles. The lowest BCUT2D eigenvalue weighted by atomic mass is 10.0. The van der Waals surface area contributed by atoms with Crippen molar-refractivity contribution in [2.75, 3.05) is 13.1 Å². The van der Waals surface area contributed by atoms with Crippen LogP contribution in [0.15, 0.2) is 0 Å². The second kappa shape index (κ2) is 6.93. The van der Waals surface area contributed by atoms with Crippen molar-refractivity contribution in [1.82, 2.24) is 10.2 Å². The Kier molecular flexibility index (Phi) is 5.87. The predicted molar refractivity (Wildman–Crippen MR) is 70.4 cm³/mol. The Labute approximate surface area is 101 Å². The summed E-state index contributed by atoms with van der Waals surface area (Å²) in [6, 6.07) is 1.54. The highest BCUT2D eigenvalue weighted by Crippen LogP contribution is 2.16. The van der Waals surface area contributed by atoms with Gasteiger partial charge in [0.05, 0.1) is 6.04 Å². The molecule has 1 aliphatic heterocycles. The maximum Gasteiger partial charge on any atom is 0.0715 e. The van der Waals surface area contributed by atoms with Crippen molar-refractivity contribution >= 4 is 0 Å². The summed E-state index contributed by atoms with van der Waals surface area (Å²) in [7, 11) is 0. The van der Waals surface area contributed by atoms with E-state index in [1.54, 1.807) is 0 Å². The average Bonchev–Trinajstić information content (AvgIpc) is 2.29. The lowest BCUT2D eigenvalue weighted by molar-refractivity contribution is 0.108. The zero-order valence-electron chi connectivity index (χ0n) is 11.0. The summed E-state index contributed by atoms with van der Waals surface area (Å²) in [6.45, 7) is 8.92. The molecular weight excluding hydrogens is 196 g/mol. The molecule has 16 heavy (non-hydrogen) atoms. The smallest absolute Gasteiger partial charge is 0.0715 e. The molecule has 0 radical (unpaired) electrons. The van der Waals surface area contributed by atoms with E-state index in [-0.39, 0.29) is 0 Å². The van der Waals surface area contributed by atoms with Crippen molar-refractivity contribution in [2.24, 2.45) is 0 Å². The number of nitrogens with one attached hydrogen (secondary N) is 1. The molecule has 3 unspecified atom stereocenters. The summed E-state index contributed by atoms with van der Waals surface area (Å²) >= 11 is 0. The standard InChI is InChI=1S/C14H26N2/c1-5-8-13-11-16(12(4)10-15-13)14(7-3)9-6-2/h3,12-15H,5-6,8-11H2,1-2,4H3. The fraction of sp³-hybridized carbons (Fsp3) is 0.857. The first-order chi connectivity index (χ1) is 7.72. The first-order valence-electron chi connectivity index (χ1n) is 6.68. The lowest BCUT2D eigenvalue weighted by Crippen LogP contribution is -2.58. The number of nitrogens with zero attached hydrogens (tertiary/aromatic N) is 1. The van der Waals surface area contributed by atoms with Crippen LogP contribution in [0.2, 0.25) is 0 Å². The van der Waals surface area contributed by atoms with E-state index in [1.807, 2.05) is 0 Å². The van der Waals surface area contributed by atoms with Crippen molar-refractivity contribution in [3.63, 3.8) is 0 Å². The predicted octanol–water partition coefficient (Wildman–Crippen LogP) is 2.25. The van der Waals surface area contributed by atoms with E-state index in [0.29, 0.717) is 18.1 Å². The summed E-state index contributed by atoms with van der Waals surface area (Å²) in [5.41, 5.74) is 0. The third-order valence-corrected chi connectivity index (χ3v) is 3.49. The van der Waals surface area contributed by atoms with Crippen LogP contribution in [0, 0.1) is 12.3 Å². The Morgan fingerprint density at radius 3 is 2.75 bits per heavy atom. The molecule has 2 nitrogen and oxygen atoms in total. The molecule has 1 N–H and O–H groups in total. The zero-order valence-corrected chi connectivity index (χ0v) is 11.0. The monoisotopic (exact) mass is 222 g/mol. The van der Waals surface area contributed by atoms with Gasteiger partial charge >= 0.3 is 0 Å². The molecule has 1 aliphatic rings. The fourth-order valence-electron chi connectivity index (χ4n) is 2.55. The Bertz CT molecular complexity index is 231. The van der Waals surface area contributed by atoms with Gasteiger partial charge in [-0.25, -0.2) is 0 Å². The summed E-state index contributed by atoms with van der Waals surface area (Å²) < 4.78 is 0. The zero-order chi connectivity index (χ0) is 12.0. The molecule has 0 saturated carbocycles. The molecule has 0 aromatic heterocycles. The first kappa shape index (κ1) is 13.5. The van der Waals surface area contributed by atoms with Gasteiger partial charge in [-0.1, -0.05) is 32.6 Å². The highest BCUT2D eigenvalue weighted by Gasteiger charge is 2.28. The van der Waals surface area contributed by atoms with E-state index in [2.05, 4.69) is 36.9 Å². The molecule has 0 aromatic carbocycles. The van der Waals surface area contributed by atoms with Gasteiger partial charge in [0.15, 0.2) is 0 Å². The molecule has 0 aromatic rings. The Hall–Kier alpha value is -0.520. The average molecular weight is 222 g/mol. The highest BCUT2D eigenvalue weighted by molar-refractivity contribution is 5.03. The molecule has 3 atom stereocenters. The van der Waals surface area contributed by atoms with Gasteiger partial charge in [-0.15, -0.1) is 6.42 Å².